The quantitative estimate of drug-likeness (QED) is 0.588. The molecule has 2 fully saturated rings. The van der Waals surface area contributed by atoms with Crippen LogP contribution in [0.1, 0.15) is 25.7 Å². The summed E-state index contributed by atoms with van der Waals surface area (Å²) >= 11 is 0. The van der Waals surface area contributed by atoms with E-state index < -0.39 is 5.97 Å². The molecular weight excluding hydrogens is 222 g/mol. The lowest BCUT2D eigenvalue weighted by Gasteiger charge is -2.34. The molecule has 2 aliphatic heterocycles. The Morgan fingerprint density at radius 3 is 2.41 bits per heavy atom. The molecule has 17 heavy (non-hydrogen) atoms. The van der Waals surface area contributed by atoms with E-state index in [1.54, 1.807) is 4.90 Å². The van der Waals surface area contributed by atoms with Crippen LogP contribution < -0.4 is 0 Å². The highest BCUT2D eigenvalue weighted by Gasteiger charge is 2.42. The summed E-state index contributed by atoms with van der Waals surface area (Å²) in [5.41, 5.74) is 0.910. The molecule has 0 spiro atoms. The lowest BCUT2D eigenvalue weighted by Crippen LogP contribution is -2.44. The van der Waals surface area contributed by atoms with Gasteiger partial charge in [0.2, 0.25) is 0 Å². The van der Waals surface area contributed by atoms with Gasteiger partial charge in [0, 0.05) is 18.2 Å². The lowest BCUT2D eigenvalue weighted by molar-refractivity contribution is -0.131. The molecule has 2 rings (SSSR count). The van der Waals surface area contributed by atoms with Crippen molar-refractivity contribution < 1.29 is 19.4 Å². The zero-order valence-electron chi connectivity index (χ0n) is 9.46. The largest absolute Gasteiger partial charge is 0.478 e. The normalized spacial score (nSPS) is 26.6. The van der Waals surface area contributed by atoms with Crippen molar-refractivity contribution in [3.8, 4) is 0 Å². The molecule has 2 atom stereocenters. The van der Waals surface area contributed by atoms with E-state index in [2.05, 4.69) is 6.58 Å². The second kappa shape index (κ2) is 4.61. The minimum Gasteiger partial charge on any atom is -0.478 e. The third-order valence-electron chi connectivity index (χ3n) is 3.34. The van der Waals surface area contributed by atoms with Gasteiger partial charge in [-0.05, 0) is 25.7 Å². The first kappa shape index (κ1) is 11.7. The number of rotatable bonds is 2. The van der Waals surface area contributed by atoms with Gasteiger partial charge >= 0.3 is 12.1 Å². The zero-order valence-corrected chi connectivity index (χ0v) is 9.46. The van der Waals surface area contributed by atoms with Crippen LogP contribution in [0.25, 0.3) is 0 Å². The number of hydrogen-bond donors (Lipinski definition) is 1. The average molecular weight is 237 g/mol. The lowest BCUT2D eigenvalue weighted by atomic mass is 9.97. The number of carbonyl (C=O) groups excluding carboxylic acids is 1. The Kier molecular flexibility index (Phi) is 3.17. The summed E-state index contributed by atoms with van der Waals surface area (Å²) in [7, 11) is 0. The third-order valence-corrected chi connectivity index (χ3v) is 3.34. The van der Waals surface area contributed by atoms with Crippen LogP contribution >= 0.6 is 0 Å². The van der Waals surface area contributed by atoms with Gasteiger partial charge in [0.15, 0.2) is 0 Å². The van der Waals surface area contributed by atoms with Crippen molar-refractivity contribution in [1.29, 1.82) is 0 Å². The number of hydrogen-bond acceptors (Lipinski definition) is 3. The first-order valence-electron chi connectivity index (χ1n) is 5.64. The maximum atomic E-state index is 11.7. The van der Waals surface area contributed by atoms with Crippen molar-refractivity contribution in [2.45, 2.75) is 37.8 Å². The number of carboxylic acid groups (broad SMARTS) is 1. The summed E-state index contributed by atoms with van der Waals surface area (Å²) in [6, 6.07) is 0.151. The molecule has 2 saturated heterocycles. The van der Waals surface area contributed by atoms with Gasteiger partial charge in [0.25, 0.3) is 0 Å². The molecule has 2 heterocycles. The van der Waals surface area contributed by atoms with E-state index in [4.69, 9.17) is 9.84 Å². The summed E-state index contributed by atoms with van der Waals surface area (Å²) in [5, 5.41) is 8.72. The standard InChI is InChI=1S/C12H15NO4/c1-2-17-12(16)13-9-3-4-10(13)6-8(5-9)7-11(14)15/h2,7,9-10H,1,3-6H2,(H,14,15). The van der Waals surface area contributed by atoms with Crippen LogP contribution in [0.15, 0.2) is 24.5 Å². The minimum absolute atomic E-state index is 0.0757. The molecule has 2 bridgehead atoms. The molecule has 2 aliphatic rings. The number of ether oxygens (including phenoxy) is 1. The van der Waals surface area contributed by atoms with E-state index in [1.165, 1.54) is 6.08 Å². The Morgan fingerprint density at radius 1 is 1.35 bits per heavy atom. The van der Waals surface area contributed by atoms with E-state index in [0.29, 0.717) is 12.8 Å². The van der Waals surface area contributed by atoms with Crippen LogP contribution in [0.5, 0.6) is 0 Å². The molecule has 0 aromatic carbocycles. The Labute approximate surface area is 99.4 Å². The Balaban J connectivity index is 2.10. The van der Waals surface area contributed by atoms with Crippen LogP contribution in [-0.4, -0.2) is 34.2 Å². The van der Waals surface area contributed by atoms with Crippen LogP contribution in [-0.2, 0) is 9.53 Å². The van der Waals surface area contributed by atoms with Crippen molar-refractivity contribution in [3.05, 3.63) is 24.5 Å². The Hall–Kier alpha value is -1.78. The molecular formula is C12H15NO4. The molecule has 1 amide bonds. The summed E-state index contributed by atoms with van der Waals surface area (Å²) < 4.78 is 4.79. The number of aliphatic carboxylic acids is 1. The first-order valence-corrected chi connectivity index (χ1v) is 5.64. The second-order valence-electron chi connectivity index (χ2n) is 4.39. The van der Waals surface area contributed by atoms with Gasteiger partial charge < -0.3 is 14.7 Å². The number of fused-ring (bicyclic) bond motifs is 2. The van der Waals surface area contributed by atoms with Crippen molar-refractivity contribution in [2.24, 2.45) is 0 Å². The third kappa shape index (κ3) is 2.33. The van der Waals surface area contributed by atoms with Crippen molar-refractivity contribution >= 4 is 12.1 Å². The summed E-state index contributed by atoms with van der Waals surface area (Å²) in [6.45, 7) is 3.36. The highest BCUT2D eigenvalue weighted by atomic mass is 16.5. The van der Waals surface area contributed by atoms with E-state index in [9.17, 15) is 9.59 Å². The highest BCUT2D eigenvalue weighted by Crippen LogP contribution is 2.38. The predicted octanol–water partition coefficient (Wildman–Crippen LogP) is 1.90. The van der Waals surface area contributed by atoms with E-state index in [-0.39, 0.29) is 18.2 Å². The minimum atomic E-state index is -0.915. The summed E-state index contributed by atoms with van der Waals surface area (Å²) in [5.74, 6) is -0.915. The van der Waals surface area contributed by atoms with Crippen LogP contribution in [0.4, 0.5) is 4.79 Å². The number of amides is 1. The second-order valence-corrected chi connectivity index (χ2v) is 4.39. The molecule has 0 aliphatic carbocycles. The van der Waals surface area contributed by atoms with E-state index in [1.807, 2.05) is 0 Å². The van der Waals surface area contributed by atoms with E-state index >= 15 is 0 Å². The SMILES string of the molecule is C=COC(=O)N1C2CCC1CC(=CC(=O)O)C2. The first-order chi connectivity index (χ1) is 8.11. The van der Waals surface area contributed by atoms with E-state index in [0.717, 1.165) is 24.7 Å². The molecule has 0 aromatic rings. The van der Waals surface area contributed by atoms with Gasteiger partial charge in [-0.1, -0.05) is 12.2 Å². The fourth-order valence-electron chi connectivity index (χ4n) is 2.77. The Bertz CT molecular complexity index is 372. The van der Waals surface area contributed by atoms with Crippen LogP contribution in [0, 0.1) is 0 Å². The fourth-order valence-corrected chi connectivity index (χ4v) is 2.77. The van der Waals surface area contributed by atoms with Crippen LogP contribution in [0.3, 0.4) is 0 Å². The maximum absolute atomic E-state index is 11.7. The molecule has 5 nitrogen and oxygen atoms in total. The van der Waals surface area contributed by atoms with Crippen LogP contribution in [0.2, 0.25) is 0 Å². The number of nitrogens with zero attached hydrogens (tertiary/aromatic N) is 1. The van der Waals surface area contributed by atoms with Gasteiger partial charge in [-0.2, -0.15) is 0 Å². The number of carbonyl (C=O) groups is 2. The van der Waals surface area contributed by atoms with Gasteiger partial charge in [-0.25, -0.2) is 9.59 Å². The van der Waals surface area contributed by atoms with Gasteiger partial charge in [0.1, 0.15) is 0 Å². The van der Waals surface area contributed by atoms with Gasteiger partial charge in [-0.3, -0.25) is 0 Å². The topological polar surface area (TPSA) is 66.8 Å². The maximum Gasteiger partial charge on any atom is 0.415 e. The molecule has 0 radical (unpaired) electrons. The highest BCUT2D eigenvalue weighted by molar-refractivity contribution is 5.81. The van der Waals surface area contributed by atoms with Gasteiger partial charge in [0.05, 0.1) is 6.26 Å². The monoisotopic (exact) mass is 237 g/mol. The van der Waals surface area contributed by atoms with Crippen molar-refractivity contribution in [2.75, 3.05) is 0 Å². The molecule has 5 heteroatoms. The molecule has 2 unspecified atom stereocenters. The fraction of sp³-hybridized carbons (Fsp3) is 0.500. The molecule has 1 N–H and O–H groups in total. The van der Waals surface area contributed by atoms with Crippen molar-refractivity contribution in [1.82, 2.24) is 4.90 Å². The predicted molar refractivity (Wildman–Crippen MR) is 60.3 cm³/mol. The van der Waals surface area contributed by atoms with Gasteiger partial charge in [-0.15, -0.1) is 0 Å². The Morgan fingerprint density at radius 2 is 1.94 bits per heavy atom. The number of carboxylic acids is 1. The summed E-state index contributed by atoms with van der Waals surface area (Å²) in [6.07, 6.45) is 5.11. The zero-order chi connectivity index (χ0) is 12.4. The molecule has 0 saturated carbocycles. The summed E-state index contributed by atoms with van der Waals surface area (Å²) in [4.78, 5) is 24.0. The smallest absolute Gasteiger partial charge is 0.415 e. The molecule has 0 aromatic heterocycles. The molecule has 92 valence electrons. The van der Waals surface area contributed by atoms with Crippen molar-refractivity contribution in [3.63, 3.8) is 0 Å². The average Bonchev–Trinajstić information content (AvgIpc) is 2.50. The number of piperidine rings is 1.